The molecule has 1 aromatic carbocycles. The van der Waals surface area contributed by atoms with Crippen molar-refractivity contribution in [1.82, 2.24) is 5.32 Å². The predicted molar refractivity (Wildman–Crippen MR) is 75.9 cm³/mol. The molecular weight excluding hydrogens is 242 g/mol. The summed E-state index contributed by atoms with van der Waals surface area (Å²) in [5.74, 6) is 1.66. The van der Waals surface area contributed by atoms with Gasteiger partial charge in [0.2, 0.25) is 5.91 Å². The Morgan fingerprint density at radius 2 is 1.89 bits per heavy atom. The molecular formula is C15H23NO3. The fraction of sp³-hybridized carbons (Fsp3) is 0.533. The molecule has 4 nitrogen and oxygen atoms in total. The Hall–Kier alpha value is -1.71. The van der Waals surface area contributed by atoms with E-state index in [0.717, 1.165) is 17.1 Å². The summed E-state index contributed by atoms with van der Waals surface area (Å²) in [5, 5.41) is 2.90. The Bertz CT molecular complexity index is 429. The molecule has 1 rings (SSSR count). The summed E-state index contributed by atoms with van der Waals surface area (Å²) in [6.45, 7) is 5.93. The highest BCUT2D eigenvalue weighted by Gasteiger charge is 2.16. The lowest BCUT2D eigenvalue weighted by molar-refractivity contribution is -0.121. The van der Waals surface area contributed by atoms with Crippen molar-refractivity contribution in [2.75, 3.05) is 14.2 Å². The van der Waals surface area contributed by atoms with Gasteiger partial charge in [0.05, 0.1) is 14.2 Å². The Morgan fingerprint density at radius 1 is 1.21 bits per heavy atom. The minimum absolute atomic E-state index is 0.0559. The average molecular weight is 265 g/mol. The highest BCUT2D eigenvalue weighted by Crippen LogP contribution is 2.32. The van der Waals surface area contributed by atoms with Gasteiger partial charge in [-0.2, -0.15) is 0 Å². The topological polar surface area (TPSA) is 47.6 Å². The lowest BCUT2D eigenvalue weighted by atomic mass is 9.96. The molecule has 0 bridgehead atoms. The molecule has 0 fully saturated rings. The molecule has 1 unspecified atom stereocenters. The molecule has 19 heavy (non-hydrogen) atoms. The molecule has 0 aliphatic carbocycles. The third-order valence-corrected chi connectivity index (χ3v) is 2.91. The summed E-state index contributed by atoms with van der Waals surface area (Å²) < 4.78 is 10.5. The minimum Gasteiger partial charge on any atom is -0.497 e. The van der Waals surface area contributed by atoms with Gasteiger partial charge in [-0.3, -0.25) is 4.79 Å². The molecule has 1 amide bonds. The standard InChI is InChI=1S/C15H23NO3/c1-10(2)16-15(17)8-11(3)13-7-6-12(18-4)9-14(13)19-5/h6-7,9-11H,8H2,1-5H3,(H,16,17). The van der Waals surface area contributed by atoms with E-state index in [0.29, 0.717) is 6.42 Å². The van der Waals surface area contributed by atoms with E-state index in [1.54, 1.807) is 14.2 Å². The van der Waals surface area contributed by atoms with E-state index in [4.69, 9.17) is 9.47 Å². The van der Waals surface area contributed by atoms with Crippen molar-refractivity contribution in [1.29, 1.82) is 0 Å². The first kappa shape index (κ1) is 15.3. The van der Waals surface area contributed by atoms with Gasteiger partial charge >= 0.3 is 0 Å². The fourth-order valence-electron chi connectivity index (χ4n) is 1.99. The molecule has 0 aliphatic heterocycles. The lowest BCUT2D eigenvalue weighted by Gasteiger charge is -2.17. The summed E-state index contributed by atoms with van der Waals surface area (Å²) in [4.78, 5) is 11.8. The molecule has 0 spiro atoms. The molecule has 0 radical (unpaired) electrons. The number of hydrogen-bond donors (Lipinski definition) is 1. The van der Waals surface area contributed by atoms with Crippen molar-refractivity contribution in [2.24, 2.45) is 0 Å². The van der Waals surface area contributed by atoms with Crippen LogP contribution in [-0.4, -0.2) is 26.2 Å². The van der Waals surface area contributed by atoms with E-state index >= 15 is 0 Å². The van der Waals surface area contributed by atoms with Gasteiger partial charge in [-0.1, -0.05) is 13.0 Å². The second-order valence-corrected chi connectivity index (χ2v) is 4.94. The van der Waals surface area contributed by atoms with Gasteiger partial charge in [0.25, 0.3) is 0 Å². The van der Waals surface area contributed by atoms with Crippen LogP contribution in [0, 0.1) is 0 Å². The monoisotopic (exact) mass is 265 g/mol. The van der Waals surface area contributed by atoms with Crippen LogP contribution in [0.3, 0.4) is 0 Å². The Balaban J connectivity index is 2.81. The van der Waals surface area contributed by atoms with Crippen LogP contribution in [0.2, 0.25) is 0 Å². The molecule has 1 aromatic rings. The maximum Gasteiger partial charge on any atom is 0.220 e. The van der Waals surface area contributed by atoms with Gasteiger partial charge in [-0.05, 0) is 31.4 Å². The Labute approximate surface area is 115 Å². The Morgan fingerprint density at radius 3 is 2.42 bits per heavy atom. The van der Waals surface area contributed by atoms with Gasteiger partial charge in [-0.25, -0.2) is 0 Å². The fourth-order valence-corrected chi connectivity index (χ4v) is 1.99. The summed E-state index contributed by atoms with van der Waals surface area (Å²) in [5.41, 5.74) is 1.02. The summed E-state index contributed by atoms with van der Waals surface area (Å²) in [6.07, 6.45) is 0.445. The zero-order valence-corrected chi connectivity index (χ0v) is 12.3. The number of carbonyl (C=O) groups is 1. The van der Waals surface area contributed by atoms with E-state index in [1.165, 1.54) is 0 Å². The van der Waals surface area contributed by atoms with Gasteiger partial charge in [-0.15, -0.1) is 0 Å². The van der Waals surface area contributed by atoms with Crippen LogP contribution in [0.15, 0.2) is 18.2 Å². The minimum atomic E-state index is 0.0559. The van der Waals surface area contributed by atoms with Crippen molar-refractivity contribution in [3.63, 3.8) is 0 Å². The molecule has 0 aliphatic rings. The zero-order chi connectivity index (χ0) is 14.4. The van der Waals surface area contributed by atoms with E-state index in [1.807, 2.05) is 39.0 Å². The van der Waals surface area contributed by atoms with Crippen LogP contribution in [0.4, 0.5) is 0 Å². The smallest absolute Gasteiger partial charge is 0.220 e. The summed E-state index contributed by atoms with van der Waals surface area (Å²) >= 11 is 0. The van der Waals surface area contributed by atoms with Crippen molar-refractivity contribution in [3.05, 3.63) is 23.8 Å². The molecule has 0 saturated carbocycles. The van der Waals surface area contributed by atoms with Crippen LogP contribution < -0.4 is 14.8 Å². The molecule has 1 N–H and O–H groups in total. The molecule has 1 atom stereocenters. The molecule has 0 heterocycles. The summed E-state index contributed by atoms with van der Waals surface area (Å²) in [6, 6.07) is 5.84. The van der Waals surface area contributed by atoms with Crippen molar-refractivity contribution < 1.29 is 14.3 Å². The number of methoxy groups -OCH3 is 2. The van der Waals surface area contributed by atoms with E-state index in [9.17, 15) is 4.79 Å². The van der Waals surface area contributed by atoms with Crippen LogP contribution in [0.25, 0.3) is 0 Å². The van der Waals surface area contributed by atoms with Gasteiger partial charge < -0.3 is 14.8 Å². The van der Waals surface area contributed by atoms with Crippen molar-refractivity contribution >= 4 is 5.91 Å². The van der Waals surface area contributed by atoms with Crippen molar-refractivity contribution in [3.8, 4) is 11.5 Å². The number of amides is 1. The molecule has 0 saturated heterocycles. The molecule has 4 heteroatoms. The first-order valence-corrected chi connectivity index (χ1v) is 6.49. The third kappa shape index (κ3) is 4.47. The van der Waals surface area contributed by atoms with Crippen LogP contribution in [0.1, 0.15) is 38.7 Å². The number of hydrogen-bond acceptors (Lipinski definition) is 3. The lowest BCUT2D eigenvalue weighted by Crippen LogP contribution is -2.30. The number of carbonyl (C=O) groups excluding carboxylic acids is 1. The maximum atomic E-state index is 11.8. The normalized spacial score (nSPS) is 12.1. The Kier molecular flexibility index (Phi) is 5.67. The number of benzene rings is 1. The van der Waals surface area contributed by atoms with Gasteiger partial charge in [0.1, 0.15) is 11.5 Å². The zero-order valence-electron chi connectivity index (χ0n) is 12.3. The number of nitrogens with one attached hydrogen (secondary N) is 1. The predicted octanol–water partition coefficient (Wildman–Crippen LogP) is 2.72. The quantitative estimate of drug-likeness (QED) is 0.860. The van der Waals surface area contributed by atoms with Crippen molar-refractivity contribution in [2.45, 2.75) is 39.2 Å². The van der Waals surface area contributed by atoms with E-state index in [2.05, 4.69) is 5.32 Å². The first-order chi connectivity index (χ1) is 8.97. The summed E-state index contributed by atoms with van der Waals surface area (Å²) in [7, 11) is 3.24. The van der Waals surface area contributed by atoms with Gasteiger partial charge in [0.15, 0.2) is 0 Å². The SMILES string of the molecule is COc1ccc(C(C)CC(=O)NC(C)C)c(OC)c1. The second kappa shape index (κ2) is 7.02. The second-order valence-electron chi connectivity index (χ2n) is 4.94. The highest BCUT2D eigenvalue weighted by atomic mass is 16.5. The van der Waals surface area contributed by atoms with Gasteiger partial charge in [0, 0.05) is 18.5 Å². The third-order valence-electron chi connectivity index (χ3n) is 2.91. The van der Waals surface area contributed by atoms with Crippen LogP contribution in [0.5, 0.6) is 11.5 Å². The average Bonchev–Trinajstić information content (AvgIpc) is 2.36. The maximum absolute atomic E-state index is 11.8. The van der Waals surface area contributed by atoms with E-state index < -0.39 is 0 Å². The largest absolute Gasteiger partial charge is 0.497 e. The van der Waals surface area contributed by atoms with Crippen LogP contribution >= 0.6 is 0 Å². The highest BCUT2D eigenvalue weighted by molar-refractivity contribution is 5.77. The molecule has 0 aromatic heterocycles. The first-order valence-electron chi connectivity index (χ1n) is 6.49. The molecule has 106 valence electrons. The number of ether oxygens (including phenoxy) is 2. The van der Waals surface area contributed by atoms with Crippen LogP contribution in [-0.2, 0) is 4.79 Å². The number of rotatable bonds is 6. The van der Waals surface area contributed by atoms with E-state index in [-0.39, 0.29) is 17.9 Å².